The number of carbonyl (C=O) groups is 1. The Morgan fingerprint density at radius 1 is 1.41 bits per heavy atom. The Balaban J connectivity index is 2.36. The number of nitrogens with zero attached hydrogens (tertiary/aromatic N) is 1. The van der Waals surface area contributed by atoms with Gasteiger partial charge in [-0.15, -0.1) is 0 Å². The molecule has 0 saturated heterocycles. The lowest BCUT2D eigenvalue weighted by Crippen LogP contribution is -2.35. The molecule has 1 aromatic heterocycles. The highest BCUT2D eigenvalue weighted by atomic mass is 19.1. The molecule has 142 valence electrons. The number of fused-ring (bicyclic) bond motifs is 1. The van der Waals surface area contributed by atoms with Crippen molar-refractivity contribution in [1.82, 2.24) is 4.57 Å². The summed E-state index contributed by atoms with van der Waals surface area (Å²) in [6.45, 7) is 1.47. The molecule has 0 saturated carbocycles. The van der Waals surface area contributed by atoms with Crippen LogP contribution in [0.25, 0.3) is 0 Å². The summed E-state index contributed by atoms with van der Waals surface area (Å²) in [5, 5.41) is 9.27. The van der Waals surface area contributed by atoms with Crippen molar-refractivity contribution in [2.45, 2.75) is 19.4 Å². The van der Waals surface area contributed by atoms with Crippen LogP contribution in [0.2, 0.25) is 0 Å². The predicted octanol–water partition coefficient (Wildman–Crippen LogP) is 1.16. The molecule has 2 heterocycles. The van der Waals surface area contributed by atoms with E-state index in [0.717, 1.165) is 7.11 Å². The van der Waals surface area contributed by atoms with Crippen LogP contribution in [-0.2, 0) is 16.1 Å². The van der Waals surface area contributed by atoms with Gasteiger partial charge in [0.15, 0.2) is 0 Å². The molecule has 0 spiro atoms. The van der Waals surface area contributed by atoms with Gasteiger partial charge in [-0.25, -0.2) is 9.18 Å². The molecule has 0 unspecified atom stereocenters. The van der Waals surface area contributed by atoms with Crippen molar-refractivity contribution in [2.75, 3.05) is 13.7 Å². The molecule has 1 aromatic carbocycles. The number of carbonyl (C=O) groups excluding carboxylic acids is 1. The molecule has 0 bridgehead atoms. The molecule has 0 radical (unpaired) electrons. The van der Waals surface area contributed by atoms with E-state index in [-0.39, 0.29) is 41.5 Å². The predicted molar refractivity (Wildman–Crippen MR) is 94.6 cm³/mol. The van der Waals surface area contributed by atoms with Gasteiger partial charge in [-0.05, 0) is 13.0 Å². The molecule has 7 nitrogen and oxygen atoms in total. The number of pyridine rings is 1. The van der Waals surface area contributed by atoms with Gasteiger partial charge in [0.2, 0.25) is 5.88 Å². The number of methoxy groups -OCH3 is 1. The van der Waals surface area contributed by atoms with Gasteiger partial charge in [0.25, 0.3) is 5.56 Å². The summed E-state index contributed by atoms with van der Waals surface area (Å²) in [6, 6.07) is 7.38. The van der Waals surface area contributed by atoms with Crippen molar-refractivity contribution in [3.8, 4) is 5.75 Å². The summed E-state index contributed by atoms with van der Waals surface area (Å²) in [5.74, 6) is -2.62. The van der Waals surface area contributed by atoms with E-state index in [0.29, 0.717) is 5.69 Å². The van der Waals surface area contributed by atoms with Crippen LogP contribution in [0.15, 0.2) is 46.6 Å². The second kappa shape index (κ2) is 7.24. The highest BCUT2D eigenvalue weighted by Gasteiger charge is 2.39. The van der Waals surface area contributed by atoms with E-state index in [4.69, 9.17) is 15.2 Å². The molecule has 2 aromatic rings. The van der Waals surface area contributed by atoms with Crippen LogP contribution in [0.4, 0.5) is 4.39 Å². The lowest BCUT2D eigenvalue weighted by atomic mass is 9.83. The maximum Gasteiger partial charge on any atom is 0.340 e. The van der Waals surface area contributed by atoms with Crippen molar-refractivity contribution < 1.29 is 23.8 Å². The zero-order chi connectivity index (χ0) is 19.7. The van der Waals surface area contributed by atoms with Crippen LogP contribution in [0.5, 0.6) is 5.75 Å². The lowest BCUT2D eigenvalue weighted by molar-refractivity contribution is -0.136. The lowest BCUT2D eigenvalue weighted by Gasteiger charge is -2.29. The minimum atomic E-state index is -1.10. The summed E-state index contributed by atoms with van der Waals surface area (Å²) >= 11 is 0. The van der Waals surface area contributed by atoms with E-state index in [1.165, 1.54) is 22.8 Å². The Morgan fingerprint density at radius 2 is 2.11 bits per heavy atom. The van der Waals surface area contributed by atoms with Crippen LogP contribution in [-0.4, -0.2) is 29.4 Å². The summed E-state index contributed by atoms with van der Waals surface area (Å²) < 4.78 is 26.2. The number of aliphatic hydroxyl groups is 1. The van der Waals surface area contributed by atoms with Crippen molar-refractivity contribution in [3.63, 3.8) is 0 Å². The van der Waals surface area contributed by atoms with Gasteiger partial charge in [0, 0.05) is 23.9 Å². The fraction of sp³-hybridized carbons (Fsp3) is 0.263. The molecule has 8 heteroatoms. The van der Waals surface area contributed by atoms with E-state index in [1.807, 2.05) is 0 Å². The zero-order valence-electron chi connectivity index (χ0n) is 14.9. The Bertz CT molecular complexity index is 996. The number of aliphatic hydroxyl groups excluding tert-OH is 1. The number of aromatic nitrogens is 1. The first kappa shape index (κ1) is 18.7. The van der Waals surface area contributed by atoms with Crippen LogP contribution in [0, 0.1) is 12.7 Å². The number of hydrogen-bond donors (Lipinski definition) is 2. The minimum Gasteiger partial charge on any atom is -0.465 e. The molecule has 3 N–H and O–H groups in total. The molecule has 27 heavy (non-hydrogen) atoms. The Morgan fingerprint density at radius 3 is 2.74 bits per heavy atom. The third-order valence-corrected chi connectivity index (χ3v) is 4.51. The van der Waals surface area contributed by atoms with Gasteiger partial charge < -0.3 is 24.9 Å². The second-order valence-corrected chi connectivity index (χ2v) is 6.07. The van der Waals surface area contributed by atoms with E-state index in [1.54, 1.807) is 19.1 Å². The molecule has 1 aliphatic heterocycles. The fourth-order valence-electron chi connectivity index (χ4n) is 3.29. The zero-order valence-corrected chi connectivity index (χ0v) is 14.9. The van der Waals surface area contributed by atoms with Crippen molar-refractivity contribution in [2.24, 2.45) is 5.73 Å². The van der Waals surface area contributed by atoms with Crippen molar-refractivity contribution in [1.29, 1.82) is 0 Å². The number of benzene rings is 1. The van der Waals surface area contributed by atoms with Crippen LogP contribution in [0.1, 0.15) is 22.7 Å². The molecule has 1 aliphatic rings. The van der Waals surface area contributed by atoms with E-state index in [2.05, 4.69) is 0 Å². The van der Waals surface area contributed by atoms with Crippen LogP contribution in [0.3, 0.4) is 0 Å². The topological polar surface area (TPSA) is 104 Å². The Labute approximate surface area is 154 Å². The first-order valence-electron chi connectivity index (χ1n) is 8.26. The minimum absolute atomic E-state index is 0.0503. The molecule has 0 amide bonds. The number of ether oxygens (including phenoxy) is 2. The number of rotatable bonds is 4. The fourth-order valence-corrected chi connectivity index (χ4v) is 3.29. The summed E-state index contributed by atoms with van der Waals surface area (Å²) in [6.07, 6.45) is 0. The van der Waals surface area contributed by atoms with E-state index in [9.17, 15) is 19.1 Å². The summed E-state index contributed by atoms with van der Waals surface area (Å²) in [7, 11) is 1.16. The standard InChI is InChI=1S/C19H19FN2O5/c1-10-9-13-15(18(24)22(10)7-8-23)14(11-5-3-4-6-12(11)20)16(17(21)27-13)19(25)26-2/h3-6,9,14,23H,7-8,21H2,1-2H3/t14-/m0/s1. The number of aryl methyl sites for hydroxylation is 1. The largest absolute Gasteiger partial charge is 0.465 e. The number of halogens is 1. The monoisotopic (exact) mass is 374 g/mol. The van der Waals surface area contributed by atoms with Gasteiger partial charge in [-0.1, -0.05) is 18.2 Å². The average Bonchev–Trinajstić information content (AvgIpc) is 2.64. The van der Waals surface area contributed by atoms with Crippen molar-refractivity contribution >= 4 is 5.97 Å². The van der Waals surface area contributed by atoms with E-state index < -0.39 is 23.3 Å². The second-order valence-electron chi connectivity index (χ2n) is 6.07. The molecule has 3 rings (SSSR count). The third-order valence-electron chi connectivity index (χ3n) is 4.51. The quantitative estimate of drug-likeness (QED) is 0.779. The first-order valence-corrected chi connectivity index (χ1v) is 8.26. The van der Waals surface area contributed by atoms with Crippen molar-refractivity contribution in [3.05, 3.63) is 74.8 Å². The molecular formula is C19H19FN2O5. The number of hydrogen-bond acceptors (Lipinski definition) is 6. The van der Waals surface area contributed by atoms with Gasteiger partial charge in [-0.2, -0.15) is 0 Å². The smallest absolute Gasteiger partial charge is 0.340 e. The van der Waals surface area contributed by atoms with Gasteiger partial charge >= 0.3 is 5.97 Å². The number of esters is 1. The summed E-state index contributed by atoms with van der Waals surface area (Å²) in [5.41, 5.74) is 5.98. The average molecular weight is 374 g/mol. The molecule has 1 atom stereocenters. The van der Waals surface area contributed by atoms with Crippen LogP contribution < -0.4 is 16.0 Å². The SMILES string of the molecule is COC(=O)C1=C(N)Oc2cc(C)n(CCO)c(=O)c2[C@@H]1c1ccccc1F. The number of nitrogens with two attached hydrogens (primary N) is 1. The van der Waals surface area contributed by atoms with Gasteiger partial charge in [0.05, 0.1) is 25.2 Å². The van der Waals surface area contributed by atoms with Crippen LogP contribution >= 0.6 is 0 Å². The Kier molecular flexibility index (Phi) is 5.00. The third kappa shape index (κ3) is 3.08. The normalized spacial score (nSPS) is 15.9. The van der Waals surface area contributed by atoms with Gasteiger partial charge in [-0.3, -0.25) is 4.79 Å². The summed E-state index contributed by atoms with van der Waals surface area (Å²) in [4.78, 5) is 25.5. The highest BCUT2D eigenvalue weighted by Crippen LogP contribution is 2.41. The van der Waals surface area contributed by atoms with Gasteiger partial charge in [0.1, 0.15) is 17.1 Å². The van der Waals surface area contributed by atoms with E-state index >= 15 is 0 Å². The first-order chi connectivity index (χ1) is 12.9. The molecule has 0 fully saturated rings. The highest BCUT2D eigenvalue weighted by molar-refractivity contribution is 5.92. The maximum atomic E-state index is 14.6. The Hall–Kier alpha value is -3.13. The maximum absolute atomic E-state index is 14.6. The molecular weight excluding hydrogens is 355 g/mol. The molecule has 0 aliphatic carbocycles.